The van der Waals surface area contributed by atoms with Crippen LogP contribution in [0.4, 0.5) is 0 Å². The van der Waals surface area contributed by atoms with Gasteiger partial charge in [-0.05, 0) is 55.2 Å². The standard InChI is InChI=1S/C23H31N3O/c1-3-4-5-6-7-8-9-10-11-19-13-15-22(23(27)17-19)26-24-20-14-12-18(2)16-21(20)25-26/h12-17,27H,3-11H2,1-2H3. The molecule has 0 bridgehead atoms. The Hall–Kier alpha value is -2.36. The molecule has 1 N–H and O–H groups in total. The van der Waals surface area contributed by atoms with Crippen LogP contribution in [0.2, 0.25) is 0 Å². The predicted molar refractivity (Wildman–Crippen MR) is 112 cm³/mol. The van der Waals surface area contributed by atoms with E-state index in [1.807, 2.05) is 37.3 Å². The van der Waals surface area contributed by atoms with Gasteiger partial charge in [0.15, 0.2) is 0 Å². The van der Waals surface area contributed by atoms with Crippen molar-refractivity contribution in [3.63, 3.8) is 0 Å². The zero-order valence-electron chi connectivity index (χ0n) is 16.6. The van der Waals surface area contributed by atoms with Crippen molar-refractivity contribution in [2.75, 3.05) is 0 Å². The molecule has 0 saturated carbocycles. The second-order valence-corrected chi connectivity index (χ2v) is 7.53. The fraction of sp³-hybridized carbons (Fsp3) is 0.478. The highest BCUT2D eigenvalue weighted by Crippen LogP contribution is 2.24. The number of aromatic nitrogens is 3. The third kappa shape index (κ3) is 5.31. The molecule has 0 radical (unpaired) electrons. The maximum atomic E-state index is 10.4. The highest BCUT2D eigenvalue weighted by Gasteiger charge is 2.09. The third-order valence-corrected chi connectivity index (χ3v) is 5.11. The lowest BCUT2D eigenvalue weighted by atomic mass is 10.0. The minimum absolute atomic E-state index is 0.240. The first-order valence-electron chi connectivity index (χ1n) is 10.3. The van der Waals surface area contributed by atoms with Crippen molar-refractivity contribution in [1.82, 2.24) is 15.0 Å². The van der Waals surface area contributed by atoms with Gasteiger partial charge in [0, 0.05) is 0 Å². The molecule has 3 rings (SSSR count). The first-order chi connectivity index (χ1) is 13.2. The number of unbranched alkanes of at least 4 members (excludes halogenated alkanes) is 7. The van der Waals surface area contributed by atoms with Gasteiger partial charge in [-0.3, -0.25) is 0 Å². The van der Waals surface area contributed by atoms with Gasteiger partial charge in [0.05, 0.1) is 0 Å². The van der Waals surface area contributed by atoms with Crippen LogP contribution >= 0.6 is 0 Å². The van der Waals surface area contributed by atoms with Crippen LogP contribution in [0.5, 0.6) is 5.75 Å². The summed E-state index contributed by atoms with van der Waals surface area (Å²) in [4.78, 5) is 1.53. The number of fused-ring (bicyclic) bond motifs is 1. The van der Waals surface area contributed by atoms with Crippen LogP contribution in [0.3, 0.4) is 0 Å². The molecule has 3 aromatic rings. The van der Waals surface area contributed by atoms with Gasteiger partial charge in [-0.15, -0.1) is 15.0 Å². The maximum absolute atomic E-state index is 10.4. The summed E-state index contributed by atoms with van der Waals surface area (Å²) in [6, 6.07) is 11.8. The van der Waals surface area contributed by atoms with Gasteiger partial charge >= 0.3 is 0 Å². The van der Waals surface area contributed by atoms with Crippen molar-refractivity contribution in [1.29, 1.82) is 0 Å². The summed E-state index contributed by atoms with van der Waals surface area (Å²) >= 11 is 0. The van der Waals surface area contributed by atoms with Crippen molar-refractivity contribution < 1.29 is 5.11 Å². The second-order valence-electron chi connectivity index (χ2n) is 7.53. The highest BCUT2D eigenvalue weighted by molar-refractivity contribution is 5.74. The van der Waals surface area contributed by atoms with Crippen LogP contribution in [0.25, 0.3) is 16.7 Å². The predicted octanol–water partition coefficient (Wildman–Crippen LogP) is 6.12. The van der Waals surface area contributed by atoms with Crippen LogP contribution in [-0.2, 0) is 6.42 Å². The van der Waals surface area contributed by atoms with Crippen molar-refractivity contribution in [2.45, 2.75) is 71.6 Å². The minimum Gasteiger partial charge on any atom is -0.506 e. The summed E-state index contributed by atoms with van der Waals surface area (Å²) in [6.07, 6.45) is 11.5. The topological polar surface area (TPSA) is 50.9 Å². The van der Waals surface area contributed by atoms with Gasteiger partial charge in [0.1, 0.15) is 22.5 Å². The number of phenolic OH excluding ortho intramolecular Hbond substituents is 1. The van der Waals surface area contributed by atoms with Crippen molar-refractivity contribution in [2.24, 2.45) is 0 Å². The summed E-state index contributed by atoms with van der Waals surface area (Å²) in [7, 11) is 0. The molecule has 0 saturated heterocycles. The molecule has 4 nitrogen and oxygen atoms in total. The molecule has 0 spiro atoms. The van der Waals surface area contributed by atoms with Crippen LogP contribution in [0, 0.1) is 6.92 Å². The molecule has 27 heavy (non-hydrogen) atoms. The van der Waals surface area contributed by atoms with E-state index in [1.165, 1.54) is 61.7 Å². The van der Waals surface area contributed by atoms with Gasteiger partial charge in [-0.1, -0.05) is 64.0 Å². The smallest absolute Gasteiger partial charge is 0.143 e. The van der Waals surface area contributed by atoms with E-state index in [2.05, 4.69) is 23.2 Å². The lowest BCUT2D eigenvalue weighted by molar-refractivity contribution is 0.466. The van der Waals surface area contributed by atoms with E-state index in [0.29, 0.717) is 5.69 Å². The fourth-order valence-corrected chi connectivity index (χ4v) is 3.49. The number of hydrogen-bond acceptors (Lipinski definition) is 3. The number of hydrogen-bond donors (Lipinski definition) is 1. The molecule has 4 heteroatoms. The molecule has 0 atom stereocenters. The molecule has 0 amide bonds. The van der Waals surface area contributed by atoms with Crippen LogP contribution in [0.1, 0.15) is 69.4 Å². The van der Waals surface area contributed by atoms with Gasteiger partial charge in [0.2, 0.25) is 0 Å². The fourth-order valence-electron chi connectivity index (χ4n) is 3.49. The molecular formula is C23H31N3O. The summed E-state index contributed by atoms with van der Waals surface area (Å²) in [5, 5.41) is 19.4. The van der Waals surface area contributed by atoms with E-state index in [0.717, 1.165) is 23.0 Å². The van der Waals surface area contributed by atoms with Crippen molar-refractivity contribution >= 4 is 11.0 Å². The number of phenols is 1. The lowest BCUT2D eigenvalue weighted by Crippen LogP contribution is -1.99. The highest BCUT2D eigenvalue weighted by atomic mass is 16.3. The van der Waals surface area contributed by atoms with Gasteiger partial charge in [0.25, 0.3) is 0 Å². The lowest BCUT2D eigenvalue weighted by Gasteiger charge is -2.07. The molecule has 0 aliphatic carbocycles. The first-order valence-corrected chi connectivity index (χ1v) is 10.3. The number of aryl methyl sites for hydroxylation is 2. The number of benzene rings is 2. The number of aromatic hydroxyl groups is 1. The Kier molecular flexibility index (Phi) is 6.86. The molecule has 0 aliphatic heterocycles. The summed E-state index contributed by atoms with van der Waals surface area (Å²) in [5.41, 5.74) is 4.64. The number of rotatable bonds is 10. The molecule has 1 aromatic heterocycles. The summed E-state index contributed by atoms with van der Waals surface area (Å²) in [5.74, 6) is 0.240. The van der Waals surface area contributed by atoms with Crippen molar-refractivity contribution in [3.05, 3.63) is 47.5 Å². The average molecular weight is 366 g/mol. The second kappa shape index (κ2) is 9.54. The van der Waals surface area contributed by atoms with Crippen LogP contribution in [0.15, 0.2) is 36.4 Å². The van der Waals surface area contributed by atoms with Gasteiger partial charge in [-0.2, -0.15) is 0 Å². The third-order valence-electron chi connectivity index (χ3n) is 5.11. The molecule has 0 aliphatic rings. The van der Waals surface area contributed by atoms with E-state index >= 15 is 0 Å². The summed E-state index contributed by atoms with van der Waals surface area (Å²) < 4.78 is 0. The Morgan fingerprint density at radius 3 is 2.26 bits per heavy atom. The summed E-state index contributed by atoms with van der Waals surface area (Å²) in [6.45, 7) is 4.29. The van der Waals surface area contributed by atoms with E-state index < -0.39 is 0 Å². The molecular weight excluding hydrogens is 334 g/mol. The van der Waals surface area contributed by atoms with E-state index in [1.54, 1.807) is 0 Å². The molecule has 2 aromatic carbocycles. The van der Waals surface area contributed by atoms with E-state index in [-0.39, 0.29) is 5.75 Å². The largest absolute Gasteiger partial charge is 0.506 e. The van der Waals surface area contributed by atoms with Gasteiger partial charge < -0.3 is 5.11 Å². The van der Waals surface area contributed by atoms with Gasteiger partial charge in [-0.25, -0.2) is 0 Å². The Balaban J connectivity index is 1.54. The van der Waals surface area contributed by atoms with E-state index in [4.69, 9.17) is 0 Å². The molecule has 0 fully saturated rings. The van der Waals surface area contributed by atoms with Crippen molar-refractivity contribution in [3.8, 4) is 11.4 Å². The Labute approximate surface area is 162 Å². The zero-order chi connectivity index (χ0) is 19.1. The van der Waals surface area contributed by atoms with E-state index in [9.17, 15) is 5.11 Å². The Bertz CT molecular complexity index is 869. The number of nitrogens with zero attached hydrogens (tertiary/aromatic N) is 3. The first kappa shape index (κ1) is 19.4. The molecule has 144 valence electrons. The Morgan fingerprint density at radius 1 is 0.815 bits per heavy atom. The SMILES string of the molecule is CCCCCCCCCCc1ccc(-n2nc3ccc(C)cc3n2)c(O)c1. The molecule has 0 unspecified atom stereocenters. The maximum Gasteiger partial charge on any atom is 0.143 e. The van der Waals surface area contributed by atoms with Crippen LogP contribution < -0.4 is 0 Å². The average Bonchev–Trinajstić information content (AvgIpc) is 3.06. The minimum atomic E-state index is 0.240. The monoisotopic (exact) mass is 365 g/mol. The normalized spacial score (nSPS) is 11.3. The zero-order valence-corrected chi connectivity index (χ0v) is 16.6. The molecule has 1 heterocycles. The Morgan fingerprint density at radius 2 is 1.52 bits per heavy atom. The van der Waals surface area contributed by atoms with Crippen LogP contribution in [-0.4, -0.2) is 20.1 Å². The quantitative estimate of drug-likeness (QED) is 0.440.